The number of aliphatic hydroxyl groups excluding tert-OH is 1. The van der Waals surface area contributed by atoms with E-state index < -0.39 is 35.6 Å². The number of carbonyl (C=O) groups excluding carboxylic acids is 3. The highest BCUT2D eigenvalue weighted by atomic mass is 16.6. The van der Waals surface area contributed by atoms with Crippen LogP contribution in [0, 0.1) is 0 Å². The van der Waals surface area contributed by atoms with E-state index in [-0.39, 0.29) is 6.42 Å². The quantitative estimate of drug-likeness (QED) is 0.677. The van der Waals surface area contributed by atoms with Gasteiger partial charge in [-0.2, -0.15) is 0 Å². The fraction of sp³-hybridized carbons (Fsp3) is 0.348. The molecule has 0 fully saturated rings. The van der Waals surface area contributed by atoms with E-state index in [4.69, 9.17) is 9.47 Å². The van der Waals surface area contributed by atoms with Gasteiger partial charge in [-0.05, 0) is 44.0 Å². The molecule has 0 aliphatic carbocycles. The van der Waals surface area contributed by atoms with Gasteiger partial charge in [-0.1, -0.05) is 42.5 Å². The van der Waals surface area contributed by atoms with Crippen LogP contribution >= 0.6 is 0 Å². The molecule has 0 spiro atoms. The van der Waals surface area contributed by atoms with Gasteiger partial charge in [0, 0.05) is 6.42 Å². The Bertz CT molecular complexity index is 871. The molecule has 2 aromatic carbocycles. The predicted octanol–water partition coefficient (Wildman–Crippen LogP) is 2.58. The van der Waals surface area contributed by atoms with E-state index in [1.807, 2.05) is 0 Å². The first-order valence-corrected chi connectivity index (χ1v) is 9.54. The second kappa shape index (κ2) is 10.0. The van der Waals surface area contributed by atoms with Crippen LogP contribution in [0.1, 0.15) is 48.4 Å². The number of methoxy groups -OCH3 is 1. The third-order valence-corrected chi connectivity index (χ3v) is 4.19. The largest absolute Gasteiger partial charge is 0.467 e. The van der Waals surface area contributed by atoms with Crippen molar-refractivity contribution < 1.29 is 29.0 Å². The van der Waals surface area contributed by atoms with Crippen LogP contribution in [0.5, 0.6) is 0 Å². The number of hydrogen-bond donors (Lipinski definition) is 2. The molecule has 0 radical (unpaired) electrons. The van der Waals surface area contributed by atoms with Crippen LogP contribution in [-0.2, 0) is 25.5 Å². The van der Waals surface area contributed by atoms with E-state index in [9.17, 15) is 19.5 Å². The van der Waals surface area contributed by atoms with Gasteiger partial charge in [-0.15, -0.1) is 0 Å². The lowest BCUT2D eigenvalue weighted by molar-refractivity contribution is -0.146. The molecule has 1 amide bonds. The van der Waals surface area contributed by atoms with Crippen molar-refractivity contribution in [3.8, 4) is 0 Å². The second-order valence-electron chi connectivity index (χ2n) is 7.80. The Hall–Kier alpha value is -3.19. The lowest BCUT2D eigenvalue weighted by Gasteiger charge is -2.20. The van der Waals surface area contributed by atoms with E-state index in [0.29, 0.717) is 16.7 Å². The van der Waals surface area contributed by atoms with Gasteiger partial charge in [0.15, 0.2) is 6.10 Å². The van der Waals surface area contributed by atoms with Crippen molar-refractivity contribution in [2.45, 2.75) is 44.9 Å². The van der Waals surface area contributed by atoms with Crippen molar-refractivity contribution in [3.05, 3.63) is 71.3 Å². The van der Waals surface area contributed by atoms with Gasteiger partial charge in [0.25, 0.3) is 5.91 Å². The standard InChI is InChI=1S/C23H27NO6/c1-23(2,3)30-21(27)17-12-10-15(11-13-17)14-18(22(28)29-4)24-20(26)19(25)16-8-6-5-7-9-16/h5-13,18-19,25H,14H2,1-4H3,(H,24,26)/t18-,19+/m1/s1. The number of aliphatic hydroxyl groups is 1. The minimum Gasteiger partial charge on any atom is -0.467 e. The lowest BCUT2D eigenvalue weighted by Crippen LogP contribution is -2.45. The van der Waals surface area contributed by atoms with E-state index in [0.717, 1.165) is 0 Å². The summed E-state index contributed by atoms with van der Waals surface area (Å²) in [5.41, 5.74) is 0.898. The van der Waals surface area contributed by atoms with E-state index in [2.05, 4.69) is 5.32 Å². The maximum Gasteiger partial charge on any atom is 0.338 e. The van der Waals surface area contributed by atoms with Gasteiger partial charge >= 0.3 is 11.9 Å². The average molecular weight is 413 g/mol. The molecule has 2 N–H and O–H groups in total. The molecule has 7 nitrogen and oxygen atoms in total. The van der Waals surface area contributed by atoms with Crippen molar-refractivity contribution >= 4 is 17.8 Å². The summed E-state index contributed by atoms with van der Waals surface area (Å²) in [5, 5.41) is 12.8. The van der Waals surface area contributed by atoms with Crippen LogP contribution in [0.25, 0.3) is 0 Å². The van der Waals surface area contributed by atoms with Crippen molar-refractivity contribution in [3.63, 3.8) is 0 Å². The summed E-state index contributed by atoms with van der Waals surface area (Å²) in [6.07, 6.45) is -1.28. The smallest absolute Gasteiger partial charge is 0.338 e. The third kappa shape index (κ3) is 6.70. The minimum absolute atomic E-state index is 0.133. The van der Waals surface area contributed by atoms with Crippen LogP contribution in [0.4, 0.5) is 0 Å². The topological polar surface area (TPSA) is 102 Å². The molecule has 0 aliphatic rings. The summed E-state index contributed by atoms with van der Waals surface area (Å²) in [7, 11) is 1.22. The Kier molecular flexibility index (Phi) is 7.72. The molecule has 0 unspecified atom stereocenters. The van der Waals surface area contributed by atoms with Gasteiger partial charge in [0.1, 0.15) is 11.6 Å². The molecule has 0 aliphatic heterocycles. The Morgan fingerprint density at radius 3 is 2.13 bits per heavy atom. The number of esters is 2. The molecule has 0 heterocycles. The molecule has 0 saturated carbocycles. The number of hydrogen-bond acceptors (Lipinski definition) is 6. The zero-order valence-electron chi connectivity index (χ0n) is 17.5. The zero-order chi connectivity index (χ0) is 22.3. The first-order valence-electron chi connectivity index (χ1n) is 9.54. The van der Waals surface area contributed by atoms with Crippen molar-refractivity contribution in [1.29, 1.82) is 0 Å². The van der Waals surface area contributed by atoms with Gasteiger partial charge < -0.3 is 19.9 Å². The minimum atomic E-state index is -1.41. The zero-order valence-corrected chi connectivity index (χ0v) is 17.5. The molecule has 7 heteroatoms. The van der Waals surface area contributed by atoms with Gasteiger partial charge in [-0.25, -0.2) is 9.59 Å². The van der Waals surface area contributed by atoms with E-state index in [1.54, 1.807) is 75.4 Å². The fourth-order valence-electron chi connectivity index (χ4n) is 2.72. The summed E-state index contributed by atoms with van der Waals surface area (Å²) in [6.45, 7) is 5.35. The number of carbonyl (C=O) groups is 3. The summed E-state index contributed by atoms with van der Waals surface area (Å²) in [5.74, 6) is -1.79. The fourth-order valence-corrected chi connectivity index (χ4v) is 2.72. The molecule has 2 aromatic rings. The Morgan fingerprint density at radius 2 is 1.60 bits per heavy atom. The van der Waals surface area contributed by atoms with Crippen molar-refractivity contribution in [2.24, 2.45) is 0 Å². The first-order chi connectivity index (χ1) is 14.1. The SMILES string of the molecule is COC(=O)[C@@H](Cc1ccc(C(=O)OC(C)(C)C)cc1)NC(=O)[C@@H](O)c1ccccc1. The van der Waals surface area contributed by atoms with Crippen LogP contribution in [0.2, 0.25) is 0 Å². The predicted molar refractivity (Wildman–Crippen MR) is 111 cm³/mol. The first kappa shape index (κ1) is 23.1. The number of ether oxygens (including phenoxy) is 2. The van der Waals surface area contributed by atoms with E-state index >= 15 is 0 Å². The Morgan fingerprint density at radius 1 is 1.00 bits per heavy atom. The summed E-state index contributed by atoms with van der Waals surface area (Å²) >= 11 is 0. The van der Waals surface area contributed by atoms with Crippen LogP contribution in [-0.4, -0.2) is 41.7 Å². The number of nitrogens with one attached hydrogen (secondary N) is 1. The van der Waals surface area contributed by atoms with Gasteiger partial charge in [-0.3, -0.25) is 4.79 Å². The summed E-state index contributed by atoms with van der Waals surface area (Å²) < 4.78 is 10.1. The molecule has 0 saturated heterocycles. The third-order valence-electron chi connectivity index (χ3n) is 4.19. The maximum absolute atomic E-state index is 12.4. The number of rotatable bonds is 7. The highest BCUT2D eigenvalue weighted by molar-refractivity contribution is 5.90. The van der Waals surface area contributed by atoms with Crippen molar-refractivity contribution in [1.82, 2.24) is 5.32 Å². The Labute approximate surface area is 176 Å². The summed E-state index contributed by atoms with van der Waals surface area (Å²) in [4.78, 5) is 36.7. The molecule has 2 rings (SSSR count). The molecular weight excluding hydrogens is 386 g/mol. The molecule has 160 valence electrons. The average Bonchev–Trinajstić information content (AvgIpc) is 2.71. The highest BCUT2D eigenvalue weighted by Crippen LogP contribution is 2.15. The molecule has 0 bridgehead atoms. The van der Waals surface area contributed by atoms with Gasteiger partial charge in [0.2, 0.25) is 0 Å². The van der Waals surface area contributed by atoms with Crippen LogP contribution in [0.3, 0.4) is 0 Å². The van der Waals surface area contributed by atoms with Crippen molar-refractivity contribution in [2.75, 3.05) is 7.11 Å². The molecule has 0 aromatic heterocycles. The highest BCUT2D eigenvalue weighted by Gasteiger charge is 2.26. The second-order valence-corrected chi connectivity index (χ2v) is 7.80. The molecule has 30 heavy (non-hydrogen) atoms. The number of benzene rings is 2. The normalized spacial score (nSPS) is 13.1. The van der Waals surface area contributed by atoms with Crippen LogP contribution in [0.15, 0.2) is 54.6 Å². The molecular formula is C23H27NO6. The van der Waals surface area contributed by atoms with Crippen LogP contribution < -0.4 is 5.32 Å². The summed E-state index contributed by atoms with van der Waals surface area (Å²) in [6, 6.07) is 14.0. The molecule has 2 atom stereocenters. The monoisotopic (exact) mass is 413 g/mol. The maximum atomic E-state index is 12.4. The van der Waals surface area contributed by atoms with E-state index in [1.165, 1.54) is 7.11 Å². The number of amides is 1. The Balaban J connectivity index is 2.08. The van der Waals surface area contributed by atoms with Gasteiger partial charge in [0.05, 0.1) is 12.7 Å². The lowest BCUT2D eigenvalue weighted by atomic mass is 10.0.